The van der Waals surface area contributed by atoms with Crippen molar-refractivity contribution < 1.29 is 26.6 Å². The topological polar surface area (TPSA) is 85.9 Å². The Balaban J connectivity index is 1.42. The number of piperidine rings is 1. The number of aryl methyl sites for hydroxylation is 1. The molecule has 1 aromatic carbocycles. The van der Waals surface area contributed by atoms with E-state index in [1.54, 1.807) is 38.2 Å². The van der Waals surface area contributed by atoms with E-state index in [0.717, 1.165) is 24.8 Å². The van der Waals surface area contributed by atoms with Crippen molar-refractivity contribution in [1.82, 2.24) is 28.9 Å². The number of hydrogen-bond donors (Lipinski definition) is 0. The lowest BCUT2D eigenvalue weighted by Crippen LogP contribution is -2.52. The molecule has 0 radical (unpaired) electrons. The van der Waals surface area contributed by atoms with E-state index >= 15 is 0 Å². The molecule has 6 rings (SSSR count). The number of pyridine rings is 1. The third-order valence-electron chi connectivity index (χ3n) is 7.71. The second kappa shape index (κ2) is 10.7. The first-order valence-corrected chi connectivity index (χ1v) is 14.5. The molecule has 2 atom stereocenters. The highest BCUT2D eigenvalue weighted by Gasteiger charge is 2.50. The first kappa shape index (κ1) is 28.2. The van der Waals surface area contributed by atoms with Crippen LogP contribution in [0.4, 0.5) is 17.6 Å². The van der Waals surface area contributed by atoms with Gasteiger partial charge in [0, 0.05) is 32.0 Å². The van der Waals surface area contributed by atoms with E-state index in [0.29, 0.717) is 46.9 Å². The average molecular weight is 599 g/mol. The fourth-order valence-electron chi connectivity index (χ4n) is 5.66. The highest BCUT2D eigenvalue weighted by Crippen LogP contribution is 2.47. The summed E-state index contributed by atoms with van der Waals surface area (Å²) in [4.78, 5) is 18.8. The van der Waals surface area contributed by atoms with Crippen molar-refractivity contribution in [3.63, 3.8) is 0 Å². The molecule has 0 spiro atoms. The lowest BCUT2D eigenvalue weighted by molar-refractivity contribution is -0.137. The Bertz CT molecular complexity index is 1710. The zero-order chi connectivity index (χ0) is 29.6. The van der Waals surface area contributed by atoms with E-state index in [-0.39, 0.29) is 18.7 Å². The molecule has 4 heterocycles. The van der Waals surface area contributed by atoms with E-state index in [1.165, 1.54) is 18.3 Å². The summed E-state index contributed by atoms with van der Waals surface area (Å²) in [6, 6.07) is 7.42. The first-order valence-electron chi connectivity index (χ1n) is 13.4. The molecule has 0 bridgehead atoms. The largest absolute Gasteiger partial charge is 0.416 e. The van der Waals surface area contributed by atoms with Gasteiger partial charge in [-0.15, -0.1) is 0 Å². The van der Waals surface area contributed by atoms with E-state index in [1.807, 2.05) is 13.0 Å². The molecule has 13 heteroatoms. The molecule has 1 fully saturated rings. The van der Waals surface area contributed by atoms with Crippen molar-refractivity contribution in [2.45, 2.75) is 43.8 Å². The molecule has 4 aromatic rings. The Morgan fingerprint density at radius 3 is 2.64 bits per heavy atom. The van der Waals surface area contributed by atoms with Crippen LogP contribution in [-0.2, 0) is 30.1 Å². The zero-order valence-electron chi connectivity index (χ0n) is 22.5. The van der Waals surface area contributed by atoms with Crippen LogP contribution in [0.15, 0.2) is 71.7 Å². The monoisotopic (exact) mass is 598 g/mol. The molecule has 1 saturated heterocycles. The predicted molar refractivity (Wildman–Crippen MR) is 146 cm³/mol. The van der Waals surface area contributed by atoms with E-state index in [4.69, 9.17) is 0 Å². The summed E-state index contributed by atoms with van der Waals surface area (Å²) < 4.78 is 73.0. The van der Waals surface area contributed by atoms with Gasteiger partial charge in [-0.1, -0.05) is 12.5 Å². The summed E-state index contributed by atoms with van der Waals surface area (Å²) in [7, 11) is -1.66. The number of nitrogens with zero attached hydrogens (tertiary/aromatic N) is 6. The maximum absolute atomic E-state index is 14.3. The van der Waals surface area contributed by atoms with E-state index in [9.17, 15) is 26.6 Å². The lowest BCUT2D eigenvalue weighted by Gasteiger charge is -2.44. The number of ketones is 1. The molecule has 0 saturated carbocycles. The van der Waals surface area contributed by atoms with Gasteiger partial charge in [0.1, 0.15) is 22.5 Å². The maximum atomic E-state index is 14.3. The van der Waals surface area contributed by atoms with Crippen LogP contribution in [0.25, 0.3) is 11.8 Å². The molecule has 218 valence electrons. The fraction of sp³-hybridized carbons (Fsp3) is 0.310. The Kier molecular flexibility index (Phi) is 7.17. The number of alkyl halides is 3. The van der Waals surface area contributed by atoms with Gasteiger partial charge in [-0.05, 0) is 67.3 Å². The number of hydrogen-bond acceptors (Lipinski definition) is 5. The minimum absolute atomic E-state index is 0.00231. The minimum Gasteiger partial charge on any atom is -0.291 e. The van der Waals surface area contributed by atoms with Crippen molar-refractivity contribution in [3.05, 3.63) is 95.1 Å². The van der Waals surface area contributed by atoms with Crippen LogP contribution in [0.2, 0.25) is 0 Å². The predicted octanol–water partition coefficient (Wildman–Crippen LogP) is 5.27. The standard InChI is InChI=1S/C29H26F4N6O2S/c1-2-10-37-17-24(16-35-37)42(41)38-11-8-20-13-26-19(15-36-39(26)23-5-3-22(30)4-6-23)14-28(20,18-38)27(40)25-12-21(7-9-34-25)29(31,32)33/h3-7,9,12-13,15-17H,2,8,10-11,14,18H2,1H3. The molecule has 8 nitrogen and oxygen atoms in total. The molecule has 2 unspecified atom stereocenters. The van der Waals surface area contributed by atoms with Gasteiger partial charge in [0.25, 0.3) is 0 Å². The van der Waals surface area contributed by atoms with Gasteiger partial charge in [-0.2, -0.15) is 23.4 Å². The Labute approximate surface area is 241 Å². The van der Waals surface area contributed by atoms with Gasteiger partial charge in [0.2, 0.25) is 0 Å². The second-order valence-corrected chi connectivity index (χ2v) is 11.9. The highest BCUT2D eigenvalue weighted by atomic mass is 32.2. The third-order valence-corrected chi connectivity index (χ3v) is 9.10. The smallest absolute Gasteiger partial charge is 0.291 e. The van der Waals surface area contributed by atoms with Gasteiger partial charge in [-0.3, -0.25) is 14.5 Å². The van der Waals surface area contributed by atoms with E-state index < -0.39 is 39.7 Å². The summed E-state index contributed by atoms with van der Waals surface area (Å²) in [6.45, 7) is 3.02. The minimum atomic E-state index is -4.65. The summed E-state index contributed by atoms with van der Waals surface area (Å²) in [5.74, 6) is -0.972. The second-order valence-electron chi connectivity index (χ2n) is 10.4. The molecule has 1 aliphatic carbocycles. The van der Waals surface area contributed by atoms with Crippen molar-refractivity contribution in [3.8, 4) is 5.69 Å². The average Bonchev–Trinajstić information content (AvgIpc) is 3.62. The molecule has 0 N–H and O–H groups in total. The summed E-state index contributed by atoms with van der Waals surface area (Å²) in [6.07, 6.45) is 4.32. The summed E-state index contributed by atoms with van der Waals surface area (Å²) in [5.41, 5.74) is 0.0954. The van der Waals surface area contributed by atoms with Crippen molar-refractivity contribution in [2.75, 3.05) is 13.1 Å². The number of halogens is 4. The summed E-state index contributed by atoms with van der Waals surface area (Å²) in [5, 5.41) is 8.75. The molecular weight excluding hydrogens is 572 g/mol. The van der Waals surface area contributed by atoms with Crippen LogP contribution in [0.5, 0.6) is 0 Å². The van der Waals surface area contributed by atoms with Gasteiger partial charge < -0.3 is 0 Å². The molecule has 1 aliphatic heterocycles. The SMILES string of the molecule is CCCn1cc(S(=O)N2CCC3=Cc4c(cnn4-c4ccc(F)cc4)CC3(C(=O)c3cc(C(F)(F)F)ccn3)C2)cn1. The molecule has 42 heavy (non-hydrogen) atoms. The fourth-order valence-corrected chi connectivity index (χ4v) is 6.90. The normalized spacial score (nSPS) is 19.6. The Morgan fingerprint density at radius 2 is 1.90 bits per heavy atom. The molecular formula is C29H26F4N6O2S. The lowest BCUT2D eigenvalue weighted by atomic mass is 9.65. The number of aromatic nitrogens is 5. The third kappa shape index (κ3) is 5.00. The van der Waals surface area contributed by atoms with Crippen LogP contribution in [-0.4, -0.2) is 51.9 Å². The van der Waals surface area contributed by atoms with Crippen LogP contribution < -0.4 is 0 Å². The van der Waals surface area contributed by atoms with Crippen molar-refractivity contribution in [1.29, 1.82) is 0 Å². The van der Waals surface area contributed by atoms with Gasteiger partial charge >= 0.3 is 6.18 Å². The Morgan fingerprint density at radius 1 is 1.12 bits per heavy atom. The van der Waals surface area contributed by atoms with Crippen LogP contribution in [0.1, 0.15) is 47.1 Å². The van der Waals surface area contributed by atoms with Gasteiger partial charge in [0.15, 0.2) is 5.78 Å². The number of carbonyl (C=O) groups is 1. The number of carbonyl (C=O) groups excluding carboxylic acids is 1. The van der Waals surface area contributed by atoms with Crippen LogP contribution in [0, 0.1) is 11.2 Å². The maximum Gasteiger partial charge on any atom is 0.416 e. The summed E-state index contributed by atoms with van der Waals surface area (Å²) >= 11 is 0. The molecule has 2 aliphatic rings. The van der Waals surface area contributed by atoms with Gasteiger partial charge in [0.05, 0.1) is 39.6 Å². The van der Waals surface area contributed by atoms with Gasteiger partial charge in [-0.25, -0.2) is 17.6 Å². The number of Topliss-reactive ketones (excluding diaryl/α,β-unsaturated/α-hetero) is 1. The number of fused-ring (bicyclic) bond motifs is 2. The Hall–Kier alpha value is -3.97. The quantitative estimate of drug-likeness (QED) is 0.214. The van der Waals surface area contributed by atoms with Crippen molar-refractivity contribution in [2.24, 2.45) is 5.41 Å². The molecule has 3 aromatic heterocycles. The van der Waals surface area contributed by atoms with Crippen LogP contribution in [0.3, 0.4) is 0 Å². The van der Waals surface area contributed by atoms with Crippen LogP contribution >= 0.6 is 0 Å². The zero-order valence-corrected chi connectivity index (χ0v) is 23.3. The van der Waals surface area contributed by atoms with E-state index in [2.05, 4.69) is 15.2 Å². The van der Waals surface area contributed by atoms with Crippen molar-refractivity contribution >= 4 is 22.8 Å². The highest BCUT2D eigenvalue weighted by molar-refractivity contribution is 7.82. The first-order chi connectivity index (χ1) is 20.1. The molecule has 0 amide bonds. The number of rotatable bonds is 7. The number of benzene rings is 1.